The Balaban J connectivity index is 1.38. The number of rotatable bonds is 7. The number of nitrogens with zero attached hydrogens (tertiary/aromatic N) is 3. The predicted octanol–water partition coefficient (Wildman–Crippen LogP) is 2.70. The van der Waals surface area contributed by atoms with Crippen LogP contribution in [-0.2, 0) is 9.53 Å². The number of hydrogen-bond donors (Lipinski definition) is 1. The van der Waals surface area contributed by atoms with Crippen molar-refractivity contribution in [3.63, 3.8) is 0 Å². The summed E-state index contributed by atoms with van der Waals surface area (Å²) in [6.45, 7) is 7.40. The van der Waals surface area contributed by atoms with Gasteiger partial charge in [0.2, 0.25) is 5.91 Å². The summed E-state index contributed by atoms with van der Waals surface area (Å²) in [6.07, 6.45) is 5.81. The number of ether oxygens (including phenoxy) is 1. The van der Waals surface area contributed by atoms with Crippen molar-refractivity contribution in [2.45, 2.75) is 45.1 Å². The Kier molecular flexibility index (Phi) is 7.91. The van der Waals surface area contributed by atoms with Gasteiger partial charge in [-0.1, -0.05) is 12.1 Å². The average Bonchev–Trinajstić information content (AvgIpc) is 2.73. The summed E-state index contributed by atoms with van der Waals surface area (Å²) in [5, 5.41) is 12.6. The van der Waals surface area contributed by atoms with E-state index < -0.39 is 0 Å². The molecule has 1 aromatic rings. The standard InChI is InChI=1S/C23H34N4O2/c1-18-4-3-5-22(21(18)16-24)27-14-12-26(13-15-27)11-10-19-6-8-20(9-7-19)25-23(28)17-29-2/h3-5,19-20H,6-15,17H2,1-2H3,(H,25,28). The minimum atomic E-state index is 0.00184. The van der Waals surface area contributed by atoms with Gasteiger partial charge in [0.05, 0.1) is 11.3 Å². The average molecular weight is 399 g/mol. The van der Waals surface area contributed by atoms with Crippen molar-refractivity contribution < 1.29 is 9.53 Å². The largest absolute Gasteiger partial charge is 0.375 e. The summed E-state index contributed by atoms with van der Waals surface area (Å²) in [6, 6.07) is 8.83. The van der Waals surface area contributed by atoms with Crippen molar-refractivity contribution in [2.75, 3.05) is 51.3 Å². The van der Waals surface area contributed by atoms with Gasteiger partial charge in [0, 0.05) is 39.3 Å². The third kappa shape index (κ3) is 5.94. The van der Waals surface area contributed by atoms with E-state index in [1.54, 1.807) is 7.11 Å². The fraction of sp³-hybridized carbons (Fsp3) is 0.652. The van der Waals surface area contributed by atoms with Gasteiger partial charge in [0.15, 0.2) is 0 Å². The van der Waals surface area contributed by atoms with Crippen molar-refractivity contribution in [3.8, 4) is 6.07 Å². The van der Waals surface area contributed by atoms with E-state index in [4.69, 9.17) is 4.74 Å². The lowest BCUT2D eigenvalue weighted by Crippen LogP contribution is -2.47. The molecule has 0 aromatic heterocycles. The van der Waals surface area contributed by atoms with E-state index in [9.17, 15) is 10.1 Å². The van der Waals surface area contributed by atoms with E-state index in [0.717, 1.165) is 68.3 Å². The number of carbonyl (C=O) groups excluding carboxylic acids is 1. The molecule has 0 atom stereocenters. The Morgan fingerprint density at radius 2 is 1.93 bits per heavy atom. The molecule has 1 saturated heterocycles. The van der Waals surface area contributed by atoms with Crippen molar-refractivity contribution in [1.82, 2.24) is 10.2 Å². The molecule has 0 unspecified atom stereocenters. The first-order chi connectivity index (χ1) is 14.1. The molecule has 6 heteroatoms. The Morgan fingerprint density at radius 3 is 2.59 bits per heavy atom. The number of piperazine rings is 1. The number of carbonyl (C=O) groups is 1. The number of nitriles is 1. The molecule has 6 nitrogen and oxygen atoms in total. The highest BCUT2D eigenvalue weighted by Gasteiger charge is 2.24. The molecule has 0 radical (unpaired) electrons. The Hall–Kier alpha value is -2.10. The van der Waals surface area contributed by atoms with Crippen LogP contribution in [0, 0.1) is 24.2 Å². The van der Waals surface area contributed by atoms with Crippen LogP contribution in [0.5, 0.6) is 0 Å². The molecule has 29 heavy (non-hydrogen) atoms. The molecule has 0 spiro atoms. The van der Waals surface area contributed by atoms with Gasteiger partial charge in [-0.05, 0) is 63.1 Å². The van der Waals surface area contributed by atoms with Crippen LogP contribution in [0.3, 0.4) is 0 Å². The maximum absolute atomic E-state index is 11.6. The minimum absolute atomic E-state index is 0.00184. The van der Waals surface area contributed by atoms with Crippen LogP contribution in [0.2, 0.25) is 0 Å². The second-order valence-electron chi connectivity index (χ2n) is 8.42. The fourth-order valence-electron chi connectivity index (χ4n) is 4.63. The van der Waals surface area contributed by atoms with Gasteiger partial charge in [-0.3, -0.25) is 9.69 Å². The third-order valence-electron chi connectivity index (χ3n) is 6.42. The lowest BCUT2D eigenvalue weighted by molar-refractivity contribution is -0.125. The maximum Gasteiger partial charge on any atom is 0.246 e. The second-order valence-corrected chi connectivity index (χ2v) is 8.42. The van der Waals surface area contributed by atoms with Crippen LogP contribution < -0.4 is 10.2 Å². The molecule has 1 N–H and O–H groups in total. The van der Waals surface area contributed by atoms with E-state index in [-0.39, 0.29) is 12.5 Å². The van der Waals surface area contributed by atoms with Crippen LogP contribution in [0.25, 0.3) is 0 Å². The lowest BCUT2D eigenvalue weighted by atomic mass is 9.84. The topological polar surface area (TPSA) is 68.6 Å². The lowest BCUT2D eigenvalue weighted by Gasteiger charge is -2.37. The monoisotopic (exact) mass is 398 g/mol. The molecule has 2 fully saturated rings. The van der Waals surface area contributed by atoms with E-state index >= 15 is 0 Å². The first-order valence-electron chi connectivity index (χ1n) is 10.9. The Morgan fingerprint density at radius 1 is 1.21 bits per heavy atom. The van der Waals surface area contributed by atoms with Gasteiger partial charge >= 0.3 is 0 Å². The first-order valence-corrected chi connectivity index (χ1v) is 10.9. The zero-order valence-corrected chi connectivity index (χ0v) is 17.8. The zero-order valence-electron chi connectivity index (χ0n) is 17.8. The van der Waals surface area contributed by atoms with E-state index in [1.165, 1.54) is 19.3 Å². The van der Waals surface area contributed by atoms with Crippen LogP contribution >= 0.6 is 0 Å². The van der Waals surface area contributed by atoms with Crippen molar-refractivity contribution >= 4 is 11.6 Å². The molecule has 158 valence electrons. The quantitative estimate of drug-likeness (QED) is 0.765. The number of amides is 1. The Labute approximate surface area is 174 Å². The highest BCUT2D eigenvalue weighted by atomic mass is 16.5. The molecule has 1 heterocycles. The second kappa shape index (κ2) is 10.6. The van der Waals surface area contributed by atoms with Gasteiger partial charge in [-0.15, -0.1) is 0 Å². The van der Waals surface area contributed by atoms with Crippen LogP contribution in [0.4, 0.5) is 5.69 Å². The summed E-state index contributed by atoms with van der Waals surface area (Å²) in [7, 11) is 1.56. The summed E-state index contributed by atoms with van der Waals surface area (Å²) in [5.41, 5.74) is 2.96. The third-order valence-corrected chi connectivity index (χ3v) is 6.42. The van der Waals surface area contributed by atoms with E-state index in [0.29, 0.717) is 6.04 Å². The molecule has 2 aliphatic rings. The first kappa shape index (κ1) is 21.6. The highest BCUT2D eigenvalue weighted by Crippen LogP contribution is 2.28. The van der Waals surface area contributed by atoms with Crippen molar-refractivity contribution in [3.05, 3.63) is 29.3 Å². The van der Waals surface area contributed by atoms with Gasteiger partial charge in [0.1, 0.15) is 12.7 Å². The number of nitrogens with one attached hydrogen (secondary N) is 1. The van der Waals surface area contributed by atoms with E-state index in [1.807, 2.05) is 19.1 Å². The van der Waals surface area contributed by atoms with Gasteiger partial charge in [0.25, 0.3) is 0 Å². The SMILES string of the molecule is COCC(=O)NC1CCC(CCN2CCN(c3cccc(C)c3C#N)CC2)CC1. The van der Waals surface area contributed by atoms with Gasteiger partial charge in [-0.2, -0.15) is 5.26 Å². The number of benzene rings is 1. The van der Waals surface area contributed by atoms with E-state index in [2.05, 4.69) is 27.3 Å². The summed E-state index contributed by atoms with van der Waals surface area (Å²) < 4.78 is 4.89. The number of hydrogen-bond acceptors (Lipinski definition) is 5. The van der Waals surface area contributed by atoms with Crippen molar-refractivity contribution in [1.29, 1.82) is 5.26 Å². The molecule has 1 amide bonds. The number of methoxy groups -OCH3 is 1. The molecule has 1 aliphatic carbocycles. The fourth-order valence-corrected chi connectivity index (χ4v) is 4.63. The summed E-state index contributed by atoms with van der Waals surface area (Å²) in [4.78, 5) is 16.6. The molecule has 0 bridgehead atoms. The van der Waals surface area contributed by atoms with Gasteiger partial charge < -0.3 is 15.0 Å². The molecule has 1 aromatic carbocycles. The minimum Gasteiger partial charge on any atom is -0.375 e. The van der Waals surface area contributed by atoms with Crippen LogP contribution in [-0.4, -0.2) is 63.3 Å². The smallest absolute Gasteiger partial charge is 0.246 e. The van der Waals surface area contributed by atoms with Crippen LogP contribution in [0.1, 0.15) is 43.2 Å². The number of aryl methyl sites for hydroxylation is 1. The molecule has 1 aliphatic heterocycles. The molecular formula is C23H34N4O2. The zero-order chi connectivity index (χ0) is 20.6. The van der Waals surface area contributed by atoms with Crippen LogP contribution in [0.15, 0.2) is 18.2 Å². The summed E-state index contributed by atoms with van der Waals surface area (Å²) in [5.74, 6) is 0.771. The Bertz CT molecular complexity index is 714. The number of anilines is 1. The molecular weight excluding hydrogens is 364 g/mol. The normalized spacial score (nSPS) is 22.9. The predicted molar refractivity (Wildman–Crippen MR) is 115 cm³/mol. The maximum atomic E-state index is 11.6. The molecule has 3 rings (SSSR count). The highest BCUT2D eigenvalue weighted by molar-refractivity contribution is 5.77. The molecule has 1 saturated carbocycles. The summed E-state index contributed by atoms with van der Waals surface area (Å²) >= 11 is 0. The van der Waals surface area contributed by atoms with Crippen molar-refractivity contribution in [2.24, 2.45) is 5.92 Å². The van der Waals surface area contributed by atoms with Gasteiger partial charge in [-0.25, -0.2) is 0 Å².